The van der Waals surface area contributed by atoms with Crippen LogP contribution in [0.3, 0.4) is 0 Å². The molecule has 0 bridgehead atoms. The molecule has 29 heavy (non-hydrogen) atoms. The van der Waals surface area contributed by atoms with E-state index in [1.54, 1.807) is 12.1 Å². The van der Waals surface area contributed by atoms with Crippen LogP contribution in [-0.4, -0.2) is 36.1 Å². The van der Waals surface area contributed by atoms with Crippen molar-refractivity contribution in [1.82, 2.24) is 10.2 Å². The summed E-state index contributed by atoms with van der Waals surface area (Å²) in [5.74, 6) is -0.229. The Kier molecular flexibility index (Phi) is 5.11. The molecule has 5 heteroatoms. The summed E-state index contributed by atoms with van der Waals surface area (Å²) in [7, 11) is 0. The number of anilines is 1. The quantitative estimate of drug-likeness (QED) is 0.801. The summed E-state index contributed by atoms with van der Waals surface area (Å²) >= 11 is 0. The molecular formula is C24H30FN3O. The van der Waals surface area contributed by atoms with E-state index in [2.05, 4.69) is 34.5 Å². The fourth-order valence-corrected chi connectivity index (χ4v) is 4.62. The van der Waals surface area contributed by atoms with Gasteiger partial charge in [0, 0.05) is 29.7 Å². The number of piperidine rings is 1. The minimum absolute atomic E-state index is 0.103. The lowest BCUT2D eigenvalue weighted by atomic mass is 9.74. The normalized spacial score (nSPS) is 18.7. The number of rotatable bonds is 2. The second-order valence-electron chi connectivity index (χ2n) is 9.47. The maximum Gasteiger partial charge on any atom is 0.322 e. The van der Waals surface area contributed by atoms with E-state index in [0.29, 0.717) is 6.54 Å². The molecule has 1 N–H and O–H groups in total. The van der Waals surface area contributed by atoms with Gasteiger partial charge in [-0.05, 0) is 76.0 Å². The third-order valence-electron chi connectivity index (χ3n) is 6.07. The van der Waals surface area contributed by atoms with Gasteiger partial charge in [-0.25, -0.2) is 9.18 Å². The molecule has 1 spiro atoms. The molecule has 1 fully saturated rings. The molecule has 4 nitrogen and oxygen atoms in total. The Labute approximate surface area is 172 Å². The highest BCUT2D eigenvalue weighted by Gasteiger charge is 2.46. The molecule has 0 aliphatic carbocycles. The van der Waals surface area contributed by atoms with Crippen LogP contribution >= 0.6 is 0 Å². The number of urea groups is 1. The Hall–Kier alpha value is -2.40. The van der Waals surface area contributed by atoms with E-state index in [4.69, 9.17) is 0 Å². The average molecular weight is 396 g/mol. The lowest BCUT2D eigenvalue weighted by molar-refractivity contribution is 0.159. The SMILES string of the molecule is CC(C)(C)NC(=O)N1CC2(CCN(Cc3ccccc3)CC2)c2cc(F)ccc21. The van der Waals surface area contributed by atoms with Crippen molar-refractivity contribution in [3.8, 4) is 0 Å². The van der Waals surface area contributed by atoms with Crippen LogP contribution < -0.4 is 10.2 Å². The molecule has 2 aromatic carbocycles. The van der Waals surface area contributed by atoms with Crippen LogP contribution in [0.5, 0.6) is 0 Å². The number of likely N-dealkylation sites (tertiary alicyclic amines) is 1. The molecular weight excluding hydrogens is 365 g/mol. The van der Waals surface area contributed by atoms with E-state index in [1.807, 2.05) is 31.7 Å². The first-order chi connectivity index (χ1) is 13.8. The Morgan fingerprint density at radius 3 is 2.45 bits per heavy atom. The number of carbonyl (C=O) groups is 1. The number of nitrogens with one attached hydrogen (secondary N) is 1. The van der Waals surface area contributed by atoms with E-state index in [1.165, 1.54) is 11.6 Å². The maximum absolute atomic E-state index is 14.1. The van der Waals surface area contributed by atoms with Gasteiger partial charge in [0.25, 0.3) is 0 Å². The molecule has 2 aromatic rings. The van der Waals surface area contributed by atoms with Crippen LogP contribution in [-0.2, 0) is 12.0 Å². The van der Waals surface area contributed by atoms with Gasteiger partial charge in [-0.3, -0.25) is 9.80 Å². The molecule has 2 aliphatic rings. The number of amides is 2. The molecule has 0 atom stereocenters. The van der Waals surface area contributed by atoms with Gasteiger partial charge in [0.2, 0.25) is 0 Å². The van der Waals surface area contributed by atoms with Crippen LogP contribution in [0.1, 0.15) is 44.7 Å². The summed E-state index contributed by atoms with van der Waals surface area (Å²) in [6, 6.07) is 15.3. The van der Waals surface area contributed by atoms with E-state index >= 15 is 0 Å². The predicted octanol–water partition coefficient (Wildman–Crippen LogP) is 4.69. The van der Waals surface area contributed by atoms with Crippen LogP contribution in [0.25, 0.3) is 0 Å². The zero-order valence-corrected chi connectivity index (χ0v) is 17.5. The second-order valence-corrected chi connectivity index (χ2v) is 9.47. The third kappa shape index (κ3) is 4.15. The fourth-order valence-electron chi connectivity index (χ4n) is 4.62. The molecule has 2 heterocycles. The molecule has 4 rings (SSSR count). The van der Waals surface area contributed by atoms with Gasteiger partial charge in [-0.1, -0.05) is 30.3 Å². The minimum Gasteiger partial charge on any atom is -0.333 e. The van der Waals surface area contributed by atoms with Gasteiger partial charge in [0.05, 0.1) is 0 Å². The highest BCUT2D eigenvalue weighted by molar-refractivity contribution is 5.95. The van der Waals surface area contributed by atoms with Crippen molar-refractivity contribution in [2.24, 2.45) is 0 Å². The van der Waals surface area contributed by atoms with Gasteiger partial charge in [0.15, 0.2) is 0 Å². The molecule has 2 aliphatic heterocycles. The Bertz CT molecular complexity index is 883. The number of benzene rings is 2. The van der Waals surface area contributed by atoms with Crippen LogP contribution in [0, 0.1) is 5.82 Å². The van der Waals surface area contributed by atoms with Crippen molar-refractivity contribution in [2.45, 2.75) is 51.1 Å². The van der Waals surface area contributed by atoms with Gasteiger partial charge >= 0.3 is 6.03 Å². The van der Waals surface area contributed by atoms with Gasteiger partial charge in [-0.2, -0.15) is 0 Å². The van der Waals surface area contributed by atoms with Crippen molar-refractivity contribution in [1.29, 1.82) is 0 Å². The van der Waals surface area contributed by atoms with Crippen molar-refractivity contribution >= 4 is 11.7 Å². The highest BCUT2D eigenvalue weighted by atomic mass is 19.1. The third-order valence-corrected chi connectivity index (χ3v) is 6.07. The van der Waals surface area contributed by atoms with Crippen molar-refractivity contribution in [2.75, 3.05) is 24.5 Å². The summed E-state index contributed by atoms with van der Waals surface area (Å²) in [4.78, 5) is 17.2. The lowest BCUT2D eigenvalue weighted by Gasteiger charge is -2.40. The molecule has 0 saturated carbocycles. The van der Waals surface area contributed by atoms with Crippen LogP contribution in [0.15, 0.2) is 48.5 Å². The zero-order valence-electron chi connectivity index (χ0n) is 17.5. The smallest absolute Gasteiger partial charge is 0.322 e. The number of carbonyl (C=O) groups excluding carboxylic acids is 1. The van der Waals surface area contributed by atoms with Gasteiger partial charge < -0.3 is 5.32 Å². The highest BCUT2D eigenvalue weighted by Crippen LogP contribution is 2.47. The van der Waals surface area contributed by atoms with E-state index in [0.717, 1.165) is 43.7 Å². The summed E-state index contributed by atoms with van der Waals surface area (Å²) in [5.41, 5.74) is 2.67. The Morgan fingerprint density at radius 2 is 1.79 bits per heavy atom. The molecule has 154 valence electrons. The fraction of sp³-hybridized carbons (Fsp3) is 0.458. The van der Waals surface area contributed by atoms with Gasteiger partial charge in [0.1, 0.15) is 5.82 Å². The van der Waals surface area contributed by atoms with E-state index in [-0.39, 0.29) is 22.8 Å². The summed E-state index contributed by atoms with van der Waals surface area (Å²) in [5, 5.41) is 3.06. The Morgan fingerprint density at radius 1 is 1.10 bits per heavy atom. The predicted molar refractivity (Wildman–Crippen MR) is 115 cm³/mol. The van der Waals surface area contributed by atoms with Crippen molar-refractivity contribution in [3.05, 3.63) is 65.5 Å². The number of hydrogen-bond donors (Lipinski definition) is 1. The first-order valence-electron chi connectivity index (χ1n) is 10.4. The van der Waals surface area contributed by atoms with Crippen LogP contribution in [0.2, 0.25) is 0 Å². The van der Waals surface area contributed by atoms with E-state index in [9.17, 15) is 9.18 Å². The largest absolute Gasteiger partial charge is 0.333 e. The van der Waals surface area contributed by atoms with Crippen molar-refractivity contribution in [3.63, 3.8) is 0 Å². The van der Waals surface area contributed by atoms with Crippen molar-refractivity contribution < 1.29 is 9.18 Å². The van der Waals surface area contributed by atoms with Crippen LogP contribution in [0.4, 0.5) is 14.9 Å². The summed E-state index contributed by atoms with van der Waals surface area (Å²) in [6.45, 7) is 9.37. The lowest BCUT2D eigenvalue weighted by Crippen LogP contribution is -2.51. The number of fused-ring (bicyclic) bond motifs is 2. The molecule has 0 unspecified atom stereocenters. The number of hydrogen-bond acceptors (Lipinski definition) is 2. The summed E-state index contributed by atoms with van der Waals surface area (Å²) in [6.07, 6.45) is 1.85. The van der Waals surface area contributed by atoms with Gasteiger partial charge in [-0.15, -0.1) is 0 Å². The zero-order chi connectivity index (χ0) is 20.6. The standard InChI is InChI=1S/C24H30FN3O/c1-23(2,3)26-22(29)28-17-24(20-15-19(25)9-10-21(20)28)11-13-27(14-12-24)16-18-7-5-4-6-8-18/h4-10,15H,11-14,16-17H2,1-3H3,(H,26,29). The topological polar surface area (TPSA) is 35.6 Å². The molecule has 0 radical (unpaired) electrons. The number of nitrogens with zero attached hydrogens (tertiary/aromatic N) is 2. The first-order valence-corrected chi connectivity index (χ1v) is 10.4. The molecule has 1 saturated heterocycles. The number of halogens is 1. The summed E-state index contributed by atoms with van der Waals surface area (Å²) < 4.78 is 14.1. The monoisotopic (exact) mass is 395 g/mol. The molecule has 2 amide bonds. The molecule has 0 aromatic heterocycles. The average Bonchev–Trinajstić information content (AvgIpc) is 2.97. The van der Waals surface area contributed by atoms with E-state index < -0.39 is 0 Å². The maximum atomic E-state index is 14.1. The minimum atomic E-state index is -0.313. The first kappa shape index (κ1) is 19.9. The second kappa shape index (κ2) is 7.45. The Balaban J connectivity index is 1.54.